The minimum Gasteiger partial charge on any atom is -0.383 e. The Hall–Kier alpha value is -0.960. The van der Waals surface area contributed by atoms with E-state index >= 15 is 0 Å². The second kappa shape index (κ2) is 9.69. The molecule has 160 valence electrons. The molecule has 28 heavy (non-hydrogen) atoms. The van der Waals surface area contributed by atoms with Gasteiger partial charge in [-0.15, -0.1) is 0 Å². The average molecular weight is 413 g/mol. The number of nitrogens with zero attached hydrogens (tertiary/aromatic N) is 4. The quantitative estimate of drug-likeness (QED) is 0.610. The van der Waals surface area contributed by atoms with Crippen LogP contribution in [0.1, 0.15) is 50.6 Å². The van der Waals surface area contributed by atoms with Crippen molar-refractivity contribution in [3.8, 4) is 0 Å². The van der Waals surface area contributed by atoms with Crippen LogP contribution >= 0.6 is 0 Å². The highest BCUT2D eigenvalue weighted by molar-refractivity contribution is 7.91. The molecular formula is C20H36N4O3S. The largest absolute Gasteiger partial charge is 0.383 e. The number of likely N-dealkylation sites (N-methyl/N-ethyl adjacent to an activating group) is 1. The van der Waals surface area contributed by atoms with E-state index in [1.807, 2.05) is 4.57 Å². The fraction of sp³-hybridized carbons (Fsp3) is 0.850. The smallest absolute Gasteiger partial charge is 0.228 e. The summed E-state index contributed by atoms with van der Waals surface area (Å²) >= 11 is 0. The third kappa shape index (κ3) is 4.96. The SMILES string of the molecule is COCCn1c(CN2CC[C@H](N(C)C)C2)cnc1S(=O)(=O)C1CCCCCC1. The first-order valence-corrected chi connectivity index (χ1v) is 12.1. The van der Waals surface area contributed by atoms with Crippen LogP contribution in [0.5, 0.6) is 0 Å². The van der Waals surface area contributed by atoms with Gasteiger partial charge in [0.2, 0.25) is 15.0 Å². The molecule has 0 aromatic carbocycles. The van der Waals surface area contributed by atoms with Crippen LogP contribution in [-0.2, 0) is 27.7 Å². The summed E-state index contributed by atoms with van der Waals surface area (Å²) in [4.78, 5) is 9.09. The van der Waals surface area contributed by atoms with Crippen LogP contribution in [0.3, 0.4) is 0 Å². The minimum absolute atomic E-state index is 0.245. The van der Waals surface area contributed by atoms with Crippen molar-refractivity contribution in [2.45, 2.75) is 74.5 Å². The Labute approximate surface area is 170 Å². The standard InChI is InChI=1S/C20H36N4O3S/c1-22(2)17-10-11-23(15-17)16-18-14-21-20(24(18)12-13-27-3)28(25,26)19-8-6-4-5-7-9-19/h14,17,19H,4-13,15-16H2,1-3H3/t17-/m0/s1. The van der Waals surface area contributed by atoms with E-state index in [-0.39, 0.29) is 10.4 Å². The molecule has 1 aromatic heterocycles. The molecule has 1 aliphatic carbocycles. The fourth-order valence-corrected chi connectivity index (χ4v) is 6.44. The molecule has 0 N–H and O–H groups in total. The number of sulfone groups is 1. The van der Waals surface area contributed by atoms with Gasteiger partial charge >= 0.3 is 0 Å². The van der Waals surface area contributed by atoms with Crippen LogP contribution in [-0.4, -0.2) is 80.0 Å². The molecule has 1 aromatic rings. The lowest BCUT2D eigenvalue weighted by atomic mass is 10.2. The molecule has 1 saturated carbocycles. The zero-order chi connectivity index (χ0) is 20.1. The maximum atomic E-state index is 13.4. The van der Waals surface area contributed by atoms with Crippen molar-refractivity contribution >= 4 is 9.84 Å². The second-order valence-corrected chi connectivity index (χ2v) is 10.6. The molecule has 0 amide bonds. The van der Waals surface area contributed by atoms with E-state index in [4.69, 9.17) is 4.74 Å². The molecule has 8 heteroatoms. The van der Waals surface area contributed by atoms with Gasteiger partial charge in [-0.2, -0.15) is 0 Å². The first-order valence-electron chi connectivity index (χ1n) is 10.6. The Morgan fingerprint density at radius 3 is 2.50 bits per heavy atom. The van der Waals surface area contributed by atoms with Gasteiger partial charge < -0.3 is 14.2 Å². The van der Waals surface area contributed by atoms with E-state index in [0.717, 1.165) is 70.3 Å². The van der Waals surface area contributed by atoms with Gasteiger partial charge in [-0.05, 0) is 33.4 Å². The van der Waals surface area contributed by atoms with Crippen molar-refractivity contribution in [1.82, 2.24) is 19.4 Å². The lowest BCUT2D eigenvalue weighted by molar-refractivity contribution is 0.181. The molecule has 1 atom stereocenters. The molecule has 2 heterocycles. The van der Waals surface area contributed by atoms with Crippen LogP contribution in [0, 0.1) is 0 Å². The molecule has 1 aliphatic heterocycles. The number of likely N-dealkylation sites (tertiary alicyclic amines) is 1. The van der Waals surface area contributed by atoms with Crippen LogP contribution in [0.15, 0.2) is 11.4 Å². The number of hydrogen-bond acceptors (Lipinski definition) is 6. The lowest BCUT2D eigenvalue weighted by Crippen LogP contribution is -2.32. The molecule has 0 radical (unpaired) electrons. The zero-order valence-electron chi connectivity index (χ0n) is 17.6. The van der Waals surface area contributed by atoms with Crippen LogP contribution in [0.2, 0.25) is 0 Å². The fourth-order valence-electron chi connectivity index (χ4n) is 4.47. The summed E-state index contributed by atoms with van der Waals surface area (Å²) in [6.45, 7) is 3.78. The van der Waals surface area contributed by atoms with Gasteiger partial charge in [0.05, 0.1) is 23.7 Å². The lowest BCUT2D eigenvalue weighted by Gasteiger charge is -2.21. The van der Waals surface area contributed by atoms with Gasteiger partial charge in [-0.3, -0.25) is 4.90 Å². The van der Waals surface area contributed by atoms with Crippen molar-refractivity contribution < 1.29 is 13.2 Å². The molecule has 2 aliphatic rings. The summed E-state index contributed by atoms with van der Waals surface area (Å²) < 4.78 is 33.9. The third-order valence-corrected chi connectivity index (χ3v) is 8.46. The topological polar surface area (TPSA) is 67.7 Å². The van der Waals surface area contributed by atoms with Crippen molar-refractivity contribution in [2.24, 2.45) is 0 Å². The summed E-state index contributed by atoms with van der Waals surface area (Å²) in [5.74, 6) is 0. The van der Waals surface area contributed by atoms with E-state index in [2.05, 4.69) is 28.9 Å². The van der Waals surface area contributed by atoms with E-state index in [9.17, 15) is 8.42 Å². The Bertz CT molecular complexity index is 724. The first-order chi connectivity index (χ1) is 13.4. The number of imidazole rings is 1. The first kappa shape index (κ1) is 21.7. The van der Waals surface area contributed by atoms with E-state index in [1.54, 1.807) is 13.3 Å². The highest BCUT2D eigenvalue weighted by Gasteiger charge is 2.33. The van der Waals surface area contributed by atoms with E-state index in [1.165, 1.54) is 0 Å². The number of aromatic nitrogens is 2. The average Bonchev–Trinajstić information content (AvgIpc) is 3.19. The van der Waals surface area contributed by atoms with Gasteiger partial charge in [0.1, 0.15) is 0 Å². The van der Waals surface area contributed by atoms with Crippen molar-refractivity contribution in [3.05, 3.63) is 11.9 Å². The highest BCUT2D eigenvalue weighted by atomic mass is 32.2. The van der Waals surface area contributed by atoms with Gasteiger partial charge in [-0.1, -0.05) is 25.7 Å². The maximum Gasteiger partial charge on any atom is 0.228 e. The summed E-state index contributed by atoms with van der Waals surface area (Å²) in [6.07, 6.45) is 8.69. The second-order valence-electron chi connectivity index (χ2n) is 8.48. The molecular weight excluding hydrogens is 376 g/mol. The van der Waals surface area contributed by atoms with Crippen LogP contribution < -0.4 is 0 Å². The summed E-state index contributed by atoms with van der Waals surface area (Å²) in [7, 11) is 2.48. The zero-order valence-corrected chi connectivity index (χ0v) is 18.5. The number of hydrogen-bond donors (Lipinski definition) is 0. The molecule has 7 nitrogen and oxygen atoms in total. The monoisotopic (exact) mass is 412 g/mol. The van der Waals surface area contributed by atoms with Gasteiger partial charge in [0.15, 0.2) is 0 Å². The van der Waals surface area contributed by atoms with E-state index < -0.39 is 9.84 Å². The van der Waals surface area contributed by atoms with Crippen molar-refractivity contribution in [3.63, 3.8) is 0 Å². The Morgan fingerprint density at radius 2 is 1.89 bits per heavy atom. The van der Waals surface area contributed by atoms with E-state index in [0.29, 0.717) is 19.2 Å². The Kier molecular flexibility index (Phi) is 7.53. The van der Waals surface area contributed by atoms with Gasteiger partial charge in [0.25, 0.3) is 0 Å². The Balaban J connectivity index is 1.81. The predicted octanol–water partition coefficient (Wildman–Crippen LogP) is 2.16. The van der Waals surface area contributed by atoms with Gasteiger partial charge in [0, 0.05) is 39.3 Å². The number of rotatable bonds is 8. The maximum absolute atomic E-state index is 13.4. The van der Waals surface area contributed by atoms with Crippen LogP contribution in [0.4, 0.5) is 0 Å². The molecule has 2 fully saturated rings. The van der Waals surface area contributed by atoms with Crippen molar-refractivity contribution in [2.75, 3.05) is 40.9 Å². The highest BCUT2D eigenvalue weighted by Crippen LogP contribution is 2.28. The number of ether oxygens (including phenoxy) is 1. The summed E-state index contributed by atoms with van der Waals surface area (Å²) in [5.41, 5.74) is 0.976. The van der Waals surface area contributed by atoms with Crippen LogP contribution in [0.25, 0.3) is 0 Å². The molecule has 0 spiro atoms. The van der Waals surface area contributed by atoms with Crippen molar-refractivity contribution in [1.29, 1.82) is 0 Å². The normalized spacial score (nSPS) is 22.8. The van der Waals surface area contributed by atoms with Gasteiger partial charge in [-0.25, -0.2) is 13.4 Å². The summed E-state index contributed by atoms with van der Waals surface area (Å²) in [6, 6.07) is 0.560. The molecule has 0 unspecified atom stereocenters. The molecule has 3 rings (SSSR count). The third-order valence-electron chi connectivity index (χ3n) is 6.28. The summed E-state index contributed by atoms with van der Waals surface area (Å²) in [5, 5.41) is -0.0498. The molecule has 1 saturated heterocycles. The molecule has 0 bridgehead atoms. The number of methoxy groups -OCH3 is 1. The Morgan fingerprint density at radius 1 is 1.18 bits per heavy atom. The minimum atomic E-state index is -3.41. The predicted molar refractivity (Wildman–Crippen MR) is 110 cm³/mol.